The first-order chi connectivity index (χ1) is 14.1. The zero-order valence-corrected chi connectivity index (χ0v) is 16.6. The highest BCUT2D eigenvalue weighted by molar-refractivity contribution is 7.14. The lowest BCUT2D eigenvalue weighted by Gasteiger charge is -2.22. The molecule has 1 aliphatic rings. The van der Waals surface area contributed by atoms with E-state index in [1.165, 1.54) is 0 Å². The van der Waals surface area contributed by atoms with Crippen molar-refractivity contribution in [2.24, 2.45) is 5.73 Å². The van der Waals surface area contributed by atoms with Crippen LogP contribution in [0, 0.1) is 0 Å². The van der Waals surface area contributed by atoms with Gasteiger partial charge in [-0.15, -0.1) is 11.3 Å². The van der Waals surface area contributed by atoms with Gasteiger partial charge in [-0.2, -0.15) is 0 Å². The molecule has 2 amide bonds. The molecule has 0 bridgehead atoms. The van der Waals surface area contributed by atoms with Crippen molar-refractivity contribution in [3.8, 4) is 0 Å². The third-order valence-corrected chi connectivity index (χ3v) is 5.73. The van der Waals surface area contributed by atoms with Crippen LogP contribution in [0.4, 0.5) is 10.7 Å². The van der Waals surface area contributed by atoms with Gasteiger partial charge in [0.2, 0.25) is 5.91 Å². The second-order valence-corrected chi connectivity index (χ2v) is 7.99. The van der Waals surface area contributed by atoms with E-state index in [-0.39, 0.29) is 18.2 Å². The van der Waals surface area contributed by atoms with Crippen LogP contribution in [0.15, 0.2) is 66.3 Å². The largest absolute Gasteiger partial charge is 0.324 e. The van der Waals surface area contributed by atoms with Gasteiger partial charge in [-0.25, -0.2) is 0 Å². The minimum atomic E-state index is -0.416. The number of hydrogen-bond acceptors (Lipinski definition) is 5. The van der Waals surface area contributed by atoms with Gasteiger partial charge in [0, 0.05) is 42.1 Å². The molecule has 7 heteroatoms. The van der Waals surface area contributed by atoms with Crippen LogP contribution in [0.2, 0.25) is 0 Å². The lowest BCUT2D eigenvalue weighted by Crippen LogP contribution is -2.34. The smallest absolute Gasteiger partial charge is 0.255 e. The molecule has 1 saturated carbocycles. The molecule has 1 unspecified atom stereocenters. The highest BCUT2D eigenvalue weighted by Gasteiger charge is 2.34. The predicted molar refractivity (Wildman–Crippen MR) is 115 cm³/mol. The molecule has 0 radical (unpaired) electrons. The minimum absolute atomic E-state index is 0.0435. The summed E-state index contributed by atoms with van der Waals surface area (Å²) in [6.07, 6.45) is 5.56. The molecular formula is C22H22N4O2S. The van der Waals surface area contributed by atoms with E-state index in [1.807, 2.05) is 34.5 Å². The Balaban J connectivity index is 1.39. The van der Waals surface area contributed by atoms with Crippen LogP contribution in [0.5, 0.6) is 0 Å². The fourth-order valence-electron chi connectivity index (χ4n) is 3.17. The molecule has 148 valence electrons. The Hall–Kier alpha value is -3.03. The zero-order chi connectivity index (χ0) is 20.2. The minimum Gasteiger partial charge on any atom is -0.324 e. The number of amides is 2. The number of anilines is 2. The number of carbonyl (C=O) groups is 2. The lowest BCUT2D eigenvalue weighted by molar-refractivity contribution is -0.119. The van der Waals surface area contributed by atoms with Gasteiger partial charge in [0.05, 0.1) is 5.00 Å². The Labute approximate surface area is 173 Å². The van der Waals surface area contributed by atoms with Crippen molar-refractivity contribution < 1.29 is 9.59 Å². The number of carbonyl (C=O) groups excluding carboxylic acids is 2. The molecule has 1 aromatic carbocycles. The molecule has 3 N–H and O–H groups in total. The van der Waals surface area contributed by atoms with Gasteiger partial charge in [-0.1, -0.05) is 12.1 Å². The second kappa shape index (κ2) is 8.55. The summed E-state index contributed by atoms with van der Waals surface area (Å²) in [5.41, 5.74) is 8.36. The Bertz CT molecular complexity index is 970. The summed E-state index contributed by atoms with van der Waals surface area (Å²) in [4.78, 5) is 31.0. The molecule has 2 aromatic heterocycles. The van der Waals surface area contributed by atoms with Crippen LogP contribution < -0.4 is 16.0 Å². The number of aromatic nitrogens is 1. The molecule has 2 heterocycles. The first-order valence-electron chi connectivity index (χ1n) is 9.54. The Morgan fingerprint density at radius 2 is 1.86 bits per heavy atom. The summed E-state index contributed by atoms with van der Waals surface area (Å²) >= 11 is 1.57. The first kappa shape index (κ1) is 19.3. The zero-order valence-electron chi connectivity index (χ0n) is 15.8. The Morgan fingerprint density at radius 3 is 2.48 bits per heavy atom. The Kier molecular flexibility index (Phi) is 5.69. The highest BCUT2D eigenvalue weighted by Crippen LogP contribution is 2.35. The maximum Gasteiger partial charge on any atom is 0.255 e. The van der Waals surface area contributed by atoms with Crippen molar-refractivity contribution in [3.63, 3.8) is 0 Å². The van der Waals surface area contributed by atoms with E-state index in [0.717, 1.165) is 23.4 Å². The molecule has 0 saturated heterocycles. The van der Waals surface area contributed by atoms with Crippen molar-refractivity contribution in [2.45, 2.75) is 31.3 Å². The molecule has 0 spiro atoms. The van der Waals surface area contributed by atoms with Gasteiger partial charge in [-0.05, 0) is 60.2 Å². The number of nitrogens with one attached hydrogen (secondary N) is 1. The van der Waals surface area contributed by atoms with Crippen LogP contribution in [-0.4, -0.2) is 22.8 Å². The summed E-state index contributed by atoms with van der Waals surface area (Å²) in [7, 11) is 0. The van der Waals surface area contributed by atoms with E-state index < -0.39 is 6.04 Å². The quantitative estimate of drug-likeness (QED) is 0.621. The van der Waals surface area contributed by atoms with Crippen molar-refractivity contribution in [2.75, 3.05) is 10.2 Å². The van der Waals surface area contributed by atoms with Crippen molar-refractivity contribution in [1.29, 1.82) is 0 Å². The van der Waals surface area contributed by atoms with E-state index in [2.05, 4.69) is 10.3 Å². The topological polar surface area (TPSA) is 88.3 Å². The van der Waals surface area contributed by atoms with Crippen LogP contribution in [0.3, 0.4) is 0 Å². The summed E-state index contributed by atoms with van der Waals surface area (Å²) in [5, 5.41) is 5.78. The van der Waals surface area contributed by atoms with Crippen LogP contribution in [-0.2, 0) is 4.79 Å². The molecule has 6 nitrogen and oxygen atoms in total. The number of benzene rings is 1. The molecule has 1 aliphatic carbocycles. The average molecular weight is 407 g/mol. The van der Waals surface area contributed by atoms with Gasteiger partial charge in [-0.3, -0.25) is 14.6 Å². The maximum atomic E-state index is 12.9. The third kappa shape index (κ3) is 4.70. The van der Waals surface area contributed by atoms with Crippen LogP contribution in [0.1, 0.15) is 41.2 Å². The molecule has 1 atom stereocenters. The van der Waals surface area contributed by atoms with Gasteiger partial charge in [0.1, 0.15) is 0 Å². The summed E-state index contributed by atoms with van der Waals surface area (Å²) in [6.45, 7) is 0. The Morgan fingerprint density at radius 1 is 1.14 bits per heavy atom. The number of nitrogens with two attached hydrogens (primary N) is 1. The monoisotopic (exact) mass is 406 g/mol. The molecule has 29 heavy (non-hydrogen) atoms. The SMILES string of the molecule is NC(CC(=O)N(c1cccs1)C1CC1)c1ccc(C(=O)Nc2ccncc2)cc1. The average Bonchev–Trinajstić information content (AvgIpc) is 3.42. The lowest BCUT2D eigenvalue weighted by atomic mass is 10.0. The predicted octanol–water partition coefficient (Wildman–Crippen LogP) is 3.98. The normalized spacial score (nSPS) is 14.2. The fourth-order valence-corrected chi connectivity index (χ4v) is 3.99. The summed E-state index contributed by atoms with van der Waals surface area (Å²) in [6, 6.07) is 14.4. The van der Waals surface area contributed by atoms with Crippen LogP contribution in [0.25, 0.3) is 0 Å². The van der Waals surface area contributed by atoms with Crippen molar-refractivity contribution in [1.82, 2.24) is 4.98 Å². The molecule has 1 fully saturated rings. The van der Waals surface area contributed by atoms with E-state index in [9.17, 15) is 9.59 Å². The van der Waals surface area contributed by atoms with E-state index in [0.29, 0.717) is 17.3 Å². The fraction of sp³-hybridized carbons (Fsp3) is 0.227. The summed E-state index contributed by atoms with van der Waals surface area (Å²) < 4.78 is 0. The summed E-state index contributed by atoms with van der Waals surface area (Å²) in [5.74, 6) is -0.160. The van der Waals surface area contributed by atoms with Crippen molar-refractivity contribution >= 4 is 33.8 Å². The van der Waals surface area contributed by atoms with Gasteiger partial charge in [0.25, 0.3) is 5.91 Å². The first-order valence-corrected chi connectivity index (χ1v) is 10.4. The molecule has 4 rings (SSSR count). The molecular weight excluding hydrogens is 384 g/mol. The van der Waals surface area contributed by atoms with Gasteiger partial charge < -0.3 is 16.0 Å². The molecule has 3 aromatic rings. The maximum absolute atomic E-state index is 12.9. The van der Waals surface area contributed by atoms with E-state index in [1.54, 1.807) is 48.0 Å². The van der Waals surface area contributed by atoms with Crippen LogP contribution >= 0.6 is 11.3 Å². The van der Waals surface area contributed by atoms with Gasteiger partial charge in [0.15, 0.2) is 0 Å². The number of hydrogen-bond donors (Lipinski definition) is 2. The van der Waals surface area contributed by atoms with Crippen molar-refractivity contribution in [3.05, 3.63) is 77.4 Å². The highest BCUT2D eigenvalue weighted by atomic mass is 32.1. The number of nitrogens with zero attached hydrogens (tertiary/aromatic N) is 2. The van der Waals surface area contributed by atoms with Gasteiger partial charge >= 0.3 is 0 Å². The molecule has 0 aliphatic heterocycles. The number of rotatable bonds is 7. The standard InChI is InChI=1S/C22H22N4O2S/c23-19(14-20(27)26(18-7-8-18)21-2-1-13-29-21)15-3-5-16(6-4-15)22(28)25-17-9-11-24-12-10-17/h1-6,9-13,18-19H,7-8,14,23H2,(H,24,25,28). The third-order valence-electron chi connectivity index (χ3n) is 4.86. The second-order valence-electron chi connectivity index (χ2n) is 7.07. The van der Waals surface area contributed by atoms with E-state index >= 15 is 0 Å². The van der Waals surface area contributed by atoms with E-state index in [4.69, 9.17) is 5.73 Å². The number of pyridine rings is 1. The number of thiophene rings is 1.